The van der Waals surface area contributed by atoms with E-state index in [-0.39, 0.29) is 5.91 Å². The molecule has 1 aromatic rings. The molecule has 1 unspecified atom stereocenters. The van der Waals surface area contributed by atoms with Crippen molar-refractivity contribution >= 4 is 11.9 Å². The van der Waals surface area contributed by atoms with Gasteiger partial charge < -0.3 is 15.2 Å². The molecule has 1 aliphatic heterocycles. The number of hydrogen-bond acceptors (Lipinski definition) is 5. The van der Waals surface area contributed by atoms with Crippen molar-refractivity contribution in [3.05, 3.63) is 29.8 Å². The Bertz CT molecular complexity index is 553. The number of rotatable bonds is 7. The molecule has 2 rings (SSSR count). The summed E-state index contributed by atoms with van der Waals surface area (Å²) in [7, 11) is 1.59. The minimum absolute atomic E-state index is 0.101. The molecule has 0 spiro atoms. The van der Waals surface area contributed by atoms with Gasteiger partial charge in [0.15, 0.2) is 0 Å². The molecular formula is C17H25N3O4. The van der Waals surface area contributed by atoms with Crippen LogP contribution in [0.25, 0.3) is 0 Å². The van der Waals surface area contributed by atoms with E-state index in [1.165, 1.54) is 0 Å². The number of carboxylic acid groups (broad SMARTS) is 1. The van der Waals surface area contributed by atoms with Gasteiger partial charge in [-0.05, 0) is 31.2 Å². The maximum Gasteiger partial charge on any atom is 0.320 e. The van der Waals surface area contributed by atoms with Crippen LogP contribution in [-0.2, 0) is 4.79 Å². The molecule has 0 saturated carbocycles. The number of amides is 1. The number of hydrogen-bond donors (Lipinski definition) is 2. The molecule has 7 heteroatoms. The van der Waals surface area contributed by atoms with Gasteiger partial charge in [-0.15, -0.1) is 0 Å². The first-order valence-electron chi connectivity index (χ1n) is 8.12. The number of carbonyl (C=O) groups is 2. The monoisotopic (exact) mass is 335 g/mol. The highest BCUT2D eigenvalue weighted by Crippen LogP contribution is 2.11. The van der Waals surface area contributed by atoms with E-state index in [1.807, 2.05) is 4.90 Å². The Morgan fingerprint density at radius 1 is 1.21 bits per heavy atom. The van der Waals surface area contributed by atoms with Gasteiger partial charge >= 0.3 is 5.97 Å². The van der Waals surface area contributed by atoms with Gasteiger partial charge in [-0.25, -0.2) is 0 Å². The number of carboxylic acids is 1. The minimum Gasteiger partial charge on any atom is -0.497 e. The lowest BCUT2D eigenvalue weighted by molar-refractivity contribution is -0.143. The maximum absolute atomic E-state index is 12.1. The zero-order valence-electron chi connectivity index (χ0n) is 14.2. The van der Waals surface area contributed by atoms with Gasteiger partial charge in [0.2, 0.25) is 0 Å². The van der Waals surface area contributed by atoms with Gasteiger partial charge in [0.05, 0.1) is 7.11 Å². The fourth-order valence-electron chi connectivity index (χ4n) is 2.70. The number of methoxy groups -OCH3 is 1. The highest BCUT2D eigenvalue weighted by Gasteiger charge is 2.24. The molecule has 1 saturated heterocycles. The van der Waals surface area contributed by atoms with Crippen LogP contribution in [-0.4, -0.2) is 79.2 Å². The number of aliphatic carboxylic acids is 1. The summed E-state index contributed by atoms with van der Waals surface area (Å²) in [5, 5.41) is 11.9. The zero-order chi connectivity index (χ0) is 17.5. The van der Waals surface area contributed by atoms with E-state index >= 15 is 0 Å². The molecule has 1 atom stereocenters. The first-order valence-corrected chi connectivity index (χ1v) is 8.12. The van der Waals surface area contributed by atoms with E-state index in [4.69, 9.17) is 9.84 Å². The highest BCUT2D eigenvalue weighted by molar-refractivity contribution is 5.94. The number of nitrogens with zero attached hydrogens (tertiary/aromatic N) is 2. The van der Waals surface area contributed by atoms with E-state index in [2.05, 4.69) is 10.2 Å². The Morgan fingerprint density at radius 3 is 2.38 bits per heavy atom. The maximum atomic E-state index is 12.1. The first kappa shape index (κ1) is 18.2. The fourth-order valence-corrected chi connectivity index (χ4v) is 2.70. The fraction of sp³-hybridized carbons (Fsp3) is 0.529. The van der Waals surface area contributed by atoms with Gasteiger partial charge in [0.25, 0.3) is 5.91 Å². The van der Waals surface area contributed by atoms with Crippen LogP contribution in [0.1, 0.15) is 17.3 Å². The predicted molar refractivity (Wildman–Crippen MR) is 90.4 cm³/mol. The van der Waals surface area contributed by atoms with Crippen molar-refractivity contribution < 1.29 is 19.4 Å². The number of benzene rings is 1. The Kier molecular flexibility index (Phi) is 6.57. The Hall–Kier alpha value is -2.12. The lowest BCUT2D eigenvalue weighted by Crippen LogP contribution is -2.52. The highest BCUT2D eigenvalue weighted by atomic mass is 16.5. The van der Waals surface area contributed by atoms with Crippen molar-refractivity contribution in [2.24, 2.45) is 0 Å². The van der Waals surface area contributed by atoms with Crippen molar-refractivity contribution in [3.8, 4) is 5.75 Å². The Morgan fingerprint density at radius 2 is 1.83 bits per heavy atom. The third kappa shape index (κ3) is 4.94. The Balaban J connectivity index is 1.69. The quantitative estimate of drug-likeness (QED) is 0.756. The molecule has 1 aliphatic rings. The van der Waals surface area contributed by atoms with Crippen LogP contribution in [0.4, 0.5) is 0 Å². The molecule has 24 heavy (non-hydrogen) atoms. The van der Waals surface area contributed by atoms with Crippen molar-refractivity contribution in [2.45, 2.75) is 13.0 Å². The molecule has 0 bridgehead atoms. The van der Waals surface area contributed by atoms with Crippen LogP contribution in [0.5, 0.6) is 5.75 Å². The third-order valence-electron chi connectivity index (χ3n) is 4.38. The molecular weight excluding hydrogens is 310 g/mol. The van der Waals surface area contributed by atoms with Crippen LogP contribution >= 0.6 is 0 Å². The summed E-state index contributed by atoms with van der Waals surface area (Å²) in [6, 6.07) is 6.55. The standard InChI is InChI=1S/C17H25N3O4/c1-13(17(22)23)20-11-9-19(10-12-20)8-7-18-16(21)14-3-5-15(24-2)6-4-14/h3-6,13H,7-12H2,1-2H3,(H,18,21)(H,22,23). The molecule has 1 amide bonds. The normalized spacial score (nSPS) is 17.2. The Labute approximate surface area is 142 Å². The van der Waals surface area contributed by atoms with Crippen molar-refractivity contribution in [1.82, 2.24) is 15.1 Å². The largest absolute Gasteiger partial charge is 0.497 e. The minimum atomic E-state index is -0.782. The van der Waals surface area contributed by atoms with Gasteiger partial charge in [-0.3, -0.25) is 19.4 Å². The van der Waals surface area contributed by atoms with Gasteiger partial charge in [-0.1, -0.05) is 0 Å². The van der Waals surface area contributed by atoms with Crippen molar-refractivity contribution in [1.29, 1.82) is 0 Å². The number of carbonyl (C=O) groups excluding carboxylic acids is 1. The van der Waals surface area contributed by atoms with Crippen LogP contribution < -0.4 is 10.1 Å². The second-order valence-corrected chi connectivity index (χ2v) is 5.88. The molecule has 132 valence electrons. The average molecular weight is 335 g/mol. The molecule has 0 radical (unpaired) electrons. The summed E-state index contributed by atoms with van der Waals surface area (Å²) in [5.74, 6) is -0.161. The lowest BCUT2D eigenvalue weighted by Gasteiger charge is -2.36. The number of ether oxygens (including phenoxy) is 1. The van der Waals surface area contributed by atoms with Crippen molar-refractivity contribution in [2.75, 3.05) is 46.4 Å². The number of piperazine rings is 1. The molecule has 2 N–H and O–H groups in total. The van der Waals surface area contributed by atoms with E-state index in [9.17, 15) is 9.59 Å². The topological polar surface area (TPSA) is 82.1 Å². The molecule has 0 aliphatic carbocycles. The lowest BCUT2D eigenvalue weighted by atomic mass is 10.2. The van der Waals surface area contributed by atoms with E-state index < -0.39 is 12.0 Å². The molecule has 1 aromatic carbocycles. The summed E-state index contributed by atoms with van der Waals surface area (Å²) in [6.45, 7) is 6.15. The summed E-state index contributed by atoms with van der Waals surface area (Å²) < 4.78 is 5.07. The van der Waals surface area contributed by atoms with Gasteiger partial charge in [0.1, 0.15) is 11.8 Å². The summed E-state index contributed by atoms with van der Waals surface area (Å²) >= 11 is 0. The summed E-state index contributed by atoms with van der Waals surface area (Å²) in [6.07, 6.45) is 0. The third-order valence-corrected chi connectivity index (χ3v) is 4.38. The predicted octanol–water partition coefficient (Wildman–Crippen LogP) is 0.516. The van der Waals surface area contributed by atoms with E-state index in [0.717, 1.165) is 38.5 Å². The SMILES string of the molecule is COc1ccc(C(=O)NCCN2CCN(C(C)C(=O)O)CC2)cc1. The van der Waals surface area contributed by atoms with Gasteiger partial charge in [0, 0.05) is 44.8 Å². The smallest absolute Gasteiger partial charge is 0.320 e. The molecule has 0 aromatic heterocycles. The van der Waals surface area contributed by atoms with Crippen LogP contribution in [0.2, 0.25) is 0 Å². The second kappa shape index (κ2) is 8.65. The molecule has 1 heterocycles. The van der Waals surface area contributed by atoms with E-state index in [1.54, 1.807) is 38.3 Å². The van der Waals surface area contributed by atoms with Crippen LogP contribution in [0.15, 0.2) is 24.3 Å². The zero-order valence-corrected chi connectivity index (χ0v) is 14.2. The summed E-state index contributed by atoms with van der Waals surface area (Å²) in [5.41, 5.74) is 0.607. The van der Waals surface area contributed by atoms with Gasteiger partial charge in [-0.2, -0.15) is 0 Å². The van der Waals surface area contributed by atoms with E-state index in [0.29, 0.717) is 12.1 Å². The van der Waals surface area contributed by atoms with Crippen molar-refractivity contribution in [3.63, 3.8) is 0 Å². The average Bonchev–Trinajstić information content (AvgIpc) is 2.61. The van der Waals surface area contributed by atoms with Crippen LogP contribution in [0, 0.1) is 0 Å². The molecule has 7 nitrogen and oxygen atoms in total. The molecule has 1 fully saturated rings. The first-order chi connectivity index (χ1) is 11.5. The summed E-state index contributed by atoms with van der Waals surface area (Å²) in [4.78, 5) is 27.3. The number of nitrogens with one attached hydrogen (secondary N) is 1. The second-order valence-electron chi connectivity index (χ2n) is 5.88. The van der Waals surface area contributed by atoms with Crippen LogP contribution in [0.3, 0.4) is 0 Å².